The number of hydrogen-bond donors (Lipinski definition) is 2. The highest BCUT2D eigenvalue weighted by Crippen LogP contribution is 2.30. The topological polar surface area (TPSA) is 69.6 Å². The molecule has 2 N–H and O–H groups in total. The Morgan fingerprint density at radius 3 is 2.38 bits per heavy atom. The van der Waals surface area contributed by atoms with E-state index < -0.39 is 11.4 Å². The van der Waals surface area contributed by atoms with Crippen molar-refractivity contribution in [2.45, 2.75) is 59.3 Å². The number of aliphatic carboxylic acids is 1. The number of nitrogens with one attached hydrogen (secondary N) is 1. The number of carboxylic acid groups (broad SMARTS) is 1. The van der Waals surface area contributed by atoms with Gasteiger partial charge in [-0.2, -0.15) is 0 Å². The Balaban J connectivity index is 2.35. The van der Waals surface area contributed by atoms with E-state index in [0.29, 0.717) is 31.8 Å². The van der Waals surface area contributed by atoms with Gasteiger partial charge >= 0.3 is 12.0 Å². The molecule has 1 aliphatic rings. The van der Waals surface area contributed by atoms with Crippen molar-refractivity contribution in [3.05, 3.63) is 0 Å². The predicted octanol–water partition coefficient (Wildman–Crippen LogP) is 3.10. The SMILES string of the molecule is CCCCC(CC)CNC(=O)N1CCC(C)(C(=O)O)CC1. The zero-order valence-corrected chi connectivity index (χ0v) is 13.7. The third-order valence-corrected chi connectivity index (χ3v) is 4.76. The highest BCUT2D eigenvalue weighted by atomic mass is 16.4. The van der Waals surface area contributed by atoms with E-state index in [9.17, 15) is 14.7 Å². The van der Waals surface area contributed by atoms with Crippen LogP contribution in [0.15, 0.2) is 0 Å². The minimum atomic E-state index is -0.756. The number of nitrogens with zero attached hydrogens (tertiary/aromatic N) is 1. The van der Waals surface area contributed by atoms with E-state index in [1.807, 2.05) is 0 Å². The molecule has 0 radical (unpaired) electrons. The number of rotatable bonds is 7. The van der Waals surface area contributed by atoms with E-state index in [0.717, 1.165) is 19.4 Å². The first-order valence-electron chi connectivity index (χ1n) is 8.19. The molecular weight excluding hydrogens is 268 g/mol. The fourth-order valence-corrected chi connectivity index (χ4v) is 2.70. The lowest BCUT2D eigenvalue weighted by molar-refractivity contribution is -0.150. The highest BCUT2D eigenvalue weighted by Gasteiger charge is 2.37. The fraction of sp³-hybridized carbons (Fsp3) is 0.875. The molecule has 0 aliphatic carbocycles. The molecule has 122 valence electrons. The van der Waals surface area contributed by atoms with Crippen molar-refractivity contribution >= 4 is 12.0 Å². The average Bonchev–Trinajstić information content (AvgIpc) is 2.47. The molecule has 5 heteroatoms. The Bertz CT molecular complexity index is 349. The summed E-state index contributed by atoms with van der Waals surface area (Å²) in [6, 6.07) is -0.0441. The molecule has 0 bridgehead atoms. The highest BCUT2D eigenvalue weighted by molar-refractivity contribution is 5.76. The number of amides is 2. The van der Waals surface area contributed by atoms with Crippen LogP contribution < -0.4 is 5.32 Å². The van der Waals surface area contributed by atoms with Crippen molar-refractivity contribution in [2.75, 3.05) is 19.6 Å². The third kappa shape index (κ3) is 5.21. The largest absolute Gasteiger partial charge is 0.481 e. The maximum Gasteiger partial charge on any atom is 0.317 e. The van der Waals surface area contributed by atoms with Crippen LogP contribution in [0.5, 0.6) is 0 Å². The van der Waals surface area contributed by atoms with Crippen molar-refractivity contribution in [3.8, 4) is 0 Å². The maximum absolute atomic E-state index is 12.1. The molecule has 1 fully saturated rings. The molecule has 0 saturated carbocycles. The number of carbonyl (C=O) groups is 2. The minimum absolute atomic E-state index is 0.0441. The van der Waals surface area contributed by atoms with Gasteiger partial charge in [0, 0.05) is 19.6 Å². The number of urea groups is 1. The van der Waals surface area contributed by atoms with Gasteiger partial charge in [0.15, 0.2) is 0 Å². The van der Waals surface area contributed by atoms with Gasteiger partial charge in [0.25, 0.3) is 0 Å². The molecule has 1 aliphatic heterocycles. The number of piperidine rings is 1. The minimum Gasteiger partial charge on any atom is -0.481 e. The van der Waals surface area contributed by atoms with Crippen LogP contribution in [0.3, 0.4) is 0 Å². The molecule has 1 rings (SSSR count). The molecule has 21 heavy (non-hydrogen) atoms. The smallest absolute Gasteiger partial charge is 0.317 e. The normalized spacial score (nSPS) is 19.1. The van der Waals surface area contributed by atoms with Gasteiger partial charge in [-0.05, 0) is 32.1 Å². The van der Waals surface area contributed by atoms with E-state index in [2.05, 4.69) is 19.2 Å². The summed E-state index contributed by atoms with van der Waals surface area (Å²) in [4.78, 5) is 25.1. The molecule has 1 heterocycles. The lowest BCUT2D eigenvalue weighted by atomic mass is 9.80. The lowest BCUT2D eigenvalue weighted by Crippen LogP contribution is -2.49. The van der Waals surface area contributed by atoms with Crippen LogP contribution in [-0.4, -0.2) is 41.6 Å². The van der Waals surface area contributed by atoms with Crippen LogP contribution in [0.2, 0.25) is 0 Å². The molecule has 0 aromatic heterocycles. The summed E-state index contributed by atoms with van der Waals surface area (Å²) in [5.74, 6) is -0.212. The van der Waals surface area contributed by atoms with Gasteiger partial charge in [0.1, 0.15) is 0 Å². The summed E-state index contributed by atoms with van der Waals surface area (Å²) in [6.07, 6.45) is 5.69. The quantitative estimate of drug-likeness (QED) is 0.758. The van der Waals surface area contributed by atoms with Crippen molar-refractivity contribution in [1.82, 2.24) is 10.2 Å². The Morgan fingerprint density at radius 1 is 1.29 bits per heavy atom. The van der Waals surface area contributed by atoms with Gasteiger partial charge in [-0.1, -0.05) is 33.1 Å². The van der Waals surface area contributed by atoms with Crippen molar-refractivity contribution in [3.63, 3.8) is 0 Å². The molecule has 0 spiro atoms. The van der Waals surface area contributed by atoms with E-state index in [1.54, 1.807) is 11.8 Å². The molecule has 1 saturated heterocycles. The van der Waals surface area contributed by atoms with E-state index in [1.165, 1.54) is 12.8 Å². The second-order valence-corrected chi connectivity index (χ2v) is 6.46. The van der Waals surface area contributed by atoms with E-state index in [4.69, 9.17) is 0 Å². The number of carbonyl (C=O) groups excluding carboxylic acids is 1. The van der Waals surface area contributed by atoms with Crippen LogP contribution >= 0.6 is 0 Å². The first kappa shape index (κ1) is 17.8. The molecular formula is C16H30N2O3. The zero-order chi connectivity index (χ0) is 15.9. The fourth-order valence-electron chi connectivity index (χ4n) is 2.70. The summed E-state index contributed by atoms with van der Waals surface area (Å²) < 4.78 is 0. The monoisotopic (exact) mass is 298 g/mol. The Labute approximate surface area is 128 Å². The number of carboxylic acids is 1. The first-order chi connectivity index (χ1) is 9.92. The molecule has 0 aromatic rings. The van der Waals surface area contributed by atoms with Crippen LogP contribution in [0.25, 0.3) is 0 Å². The third-order valence-electron chi connectivity index (χ3n) is 4.76. The molecule has 1 atom stereocenters. The summed E-state index contributed by atoms with van der Waals surface area (Å²) in [5.41, 5.74) is -0.677. The van der Waals surface area contributed by atoms with Crippen LogP contribution in [0.1, 0.15) is 59.3 Å². The molecule has 2 amide bonds. The Kier molecular flexibility index (Phi) is 6.99. The van der Waals surface area contributed by atoms with Gasteiger partial charge < -0.3 is 15.3 Å². The van der Waals surface area contributed by atoms with E-state index in [-0.39, 0.29) is 6.03 Å². The number of likely N-dealkylation sites (tertiary alicyclic amines) is 1. The first-order valence-corrected chi connectivity index (χ1v) is 8.19. The Hall–Kier alpha value is -1.26. The van der Waals surface area contributed by atoms with Crippen molar-refractivity contribution in [1.29, 1.82) is 0 Å². The van der Waals surface area contributed by atoms with Gasteiger partial charge in [0.05, 0.1) is 5.41 Å². The Morgan fingerprint density at radius 2 is 1.90 bits per heavy atom. The molecule has 5 nitrogen and oxygen atoms in total. The zero-order valence-electron chi connectivity index (χ0n) is 13.7. The standard InChI is InChI=1S/C16H30N2O3/c1-4-6-7-13(5-2)12-17-15(21)18-10-8-16(3,9-11-18)14(19)20/h13H,4-12H2,1-3H3,(H,17,21)(H,19,20). The number of hydrogen-bond acceptors (Lipinski definition) is 2. The van der Waals surface area contributed by atoms with Gasteiger partial charge in [-0.25, -0.2) is 4.79 Å². The number of unbranched alkanes of at least 4 members (excludes halogenated alkanes) is 1. The van der Waals surface area contributed by atoms with Crippen LogP contribution in [-0.2, 0) is 4.79 Å². The van der Waals surface area contributed by atoms with Gasteiger partial charge in [-0.3, -0.25) is 4.79 Å². The average molecular weight is 298 g/mol. The van der Waals surface area contributed by atoms with Crippen molar-refractivity contribution in [2.24, 2.45) is 11.3 Å². The second kappa shape index (κ2) is 8.25. The van der Waals surface area contributed by atoms with Crippen LogP contribution in [0, 0.1) is 11.3 Å². The van der Waals surface area contributed by atoms with Crippen LogP contribution in [0.4, 0.5) is 4.79 Å². The van der Waals surface area contributed by atoms with Crippen molar-refractivity contribution < 1.29 is 14.7 Å². The molecule has 0 aromatic carbocycles. The lowest BCUT2D eigenvalue weighted by Gasteiger charge is -2.36. The van der Waals surface area contributed by atoms with E-state index >= 15 is 0 Å². The van der Waals surface area contributed by atoms with Gasteiger partial charge in [0.2, 0.25) is 0 Å². The summed E-state index contributed by atoms with van der Waals surface area (Å²) >= 11 is 0. The summed E-state index contributed by atoms with van der Waals surface area (Å²) in [7, 11) is 0. The second-order valence-electron chi connectivity index (χ2n) is 6.46. The molecule has 1 unspecified atom stereocenters. The predicted molar refractivity (Wildman–Crippen MR) is 83.3 cm³/mol. The summed E-state index contributed by atoms with van der Waals surface area (Å²) in [6.45, 7) is 7.88. The maximum atomic E-state index is 12.1. The van der Waals surface area contributed by atoms with Gasteiger partial charge in [-0.15, -0.1) is 0 Å². The summed E-state index contributed by atoms with van der Waals surface area (Å²) in [5, 5.41) is 12.2.